The van der Waals surface area contributed by atoms with Crippen LogP contribution >= 0.6 is 11.3 Å². The Kier molecular flexibility index (Phi) is 9.18. The van der Waals surface area contributed by atoms with Crippen LogP contribution in [0.2, 0.25) is 0 Å². The van der Waals surface area contributed by atoms with Gasteiger partial charge in [-0.15, -0.1) is 11.3 Å². The van der Waals surface area contributed by atoms with Crippen LogP contribution in [-0.4, -0.2) is 14.5 Å². The van der Waals surface area contributed by atoms with Crippen molar-refractivity contribution in [3.63, 3.8) is 0 Å². The smallest absolute Gasteiger partial charge is 0.160 e. The van der Waals surface area contributed by atoms with E-state index >= 15 is 0 Å². The Morgan fingerprint density at radius 1 is 0.607 bits per heavy atom. The van der Waals surface area contributed by atoms with Gasteiger partial charge in [-0.3, -0.25) is 0 Å². The van der Waals surface area contributed by atoms with E-state index in [-0.39, 0.29) is 0 Å². The summed E-state index contributed by atoms with van der Waals surface area (Å²) in [5.74, 6) is 0.644. The number of hydrogen-bond acceptors (Lipinski definition) is 3. The first-order valence-electron chi connectivity index (χ1n) is 18.9. The summed E-state index contributed by atoms with van der Waals surface area (Å²) in [5.41, 5.74) is 12.1. The molecule has 0 N–H and O–H groups in total. The van der Waals surface area contributed by atoms with Gasteiger partial charge in [0.05, 0.1) is 28.1 Å². The molecule has 0 saturated heterocycles. The van der Waals surface area contributed by atoms with E-state index < -0.39 is 0 Å². The van der Waals surface area contributed by atoms with E-state index in [1.54, 1.807) is 0 Å². The molecule has 56 heavy (non-hydrogen) atoms. The van der Waals surface area contributed by atoms with Crippen LogP contribution in [0.4, 0.5) is 0 Å². The van der Waals surface area contributed by atoms with E-state index in [0.717, 1.165) is 67.1 Å². The lowest BCUT2D eigenvalue weighted by molar-refractivity contribution is 1.14. The maximum atomic E-state index is 5.27. The number of allylic oxidation sites excluding steroid dienone is 8. The summed E-state index contributed by atoms with van der Waals surface area (Å²) in [7, 11) is 0. The number of fused-ring (bicyclic) bond motifs is 6. The van der Waals surface area contributed by atoms with Gasteiger partial charge in [0.25, 0.3) is 0 Å². The third kappa shape index (κ3) is 6.01. The van der Waals surface area contributed by atoms with Crippen LogP contribution in [0.15, 0.2) is 189 Å². The minimum Gasteiger partial charge on any atom is -0.308 e. The standard InChI is InChI=1S/C52H39N3S/c1-5-19-34(7-3)41-29-38(52-53-45(35(8-4)20-6-2)33-46(54-52)37-23-13-10-14-24-37)30-42(36-21-11-9-12-22-36)51(41)55-47-27-17-15-25-39(47)43-32-50-44(31-48(43)55)40-26-16-18-28-49(40)56-50/h5-33H,1,3H2,2,4H3/b20-6-,34-19+,35-8+. The highest BCUT2D eigenvalue weighted by molar-refractivity contribution is 7.25. The molecule has 4 heteroatoms. The van der Waals surface area contributed by atoms with E-state index in [4.69, 9.17) is 9.97 Å². The van der Waals surface area contributed by atoms with Crippen molar-refractivity contribution in [3.05, 3.63) is 200 Å². The zero-order valence-electron chi connectivity index (χ0n) is 31.4. The zero-order valence-corrected chi connectivity index (χ0v) is 32.2. The van der Waals surface area contributed by atoms with E-state index in [9.17, 15) is 0 Å². The largest absolute Gasteiger partial charge is 0.308 e. The Balaban J connectivity index is 1.43. The molecule has 268 valence electrons. The van der Waals surface area contributed by atoms with Crippen LogP contribution in [0.1, 0.15) is 25.1 Å². The van der Waals surface area contributed by atoms with Gasteiger partial charge in [-0.05, 0) is 73.0 Å². The molecule has 3 nitrogen and oxygen atoms in total. The van der Waals surface area contributed by atoms with E-state index in [2.05, 4.69) is 176 Å². The van der Waals surface area contributed by atoms with Gasteiger partial charge in [0.15, 0.2) is 5.82 Å². The normalized spacial score (nSPS) is 12.4. The van der Waals surface area contributed by atoms with Gasteiger partial charge in [-0.1, -0.05) is 147 Å². The Hall–Kier alpha value is -6.88. The highest BCUT2D eigenvalue weighted by Gasteiger charge is 2.24. The second kappa shape index (κ2) is 14.7. The zero-order chi connectivity index (χ0) is 38.2. The summed E-state index contributed by atoms with van der Waals surface area (Å²) < 4.78 is 5.02. The fourth-order valence-corrected chi connectivity index (χ4v) is 9.00. The lowest BCUT2D eigenvalue weighted by atomic mass is 9.92. The molecular formula is C52H39N3S. The van der Waals surface area contributed by atoms with Gasteiger partial charge in [-0.25, -0.2) is 9.97 Å². The van der Waals surface area contributed by atoms with Crippen LogP contribution in [0.3, 0.4) is 0 Å². The third-order valence-electron chi connectivity index (χ3n) is 10.4. The van der Waals surface area contributed by atoms with Crippen molar-refractivity contribution in [2.75, 3.05) is 0 Å². The Morgan fingerprint density at radius 3 is 2.05 bits per heavy atom. The number of hydrogen-bond donors (Lipinski definition) is 0. The van der Waals surface area contributed by atoms with Crippen LogP contribution in [0, 0.1) is 0 Å². The molecule has 6 aromatic carbocycles. The molecule has 0 atom stereocenters. The predicted molar refractivity (Wildman–Crippen MR) is 242 cm³/mol. The second-order valence-corrected chi connectivity index (χ2v) is 14.8. The molecule has 0 saturated carbocycles. The van der Waals surface area contributed by atoms with Gasteiger partial charge < -0.3 is 4.57 Å². The van der Waals surface area contributed by atoms with E-state index in [1.807, 2.05) is 42.6 Å². The minimum atomic E-state index is 0.644. The van der Waals surface area contributed by atoms with Gasteiger partial charge in [0, 0.05) is 53.2 Å². The van der Waals surface area contributed by atoms with Crippen molar-refractivity contribution >= 4 is 64.5 Å². The van der Waals surface area contributed by atoms with Crippen molar-refractivity contribution in [1.29, 1.82) is 0 Å². The quantitative estimate of drug-likeness (QED) is 0.138. The van der Waals surface area contributed by atoms with Gasteiger partial charge in [0.2, 0.25) is 0 Å². The fraction of sp³-hybridized carbons (Fsp3) is 0.0385. The molecule has 0 bridgehead atoms. The lowest BCUT2D eigenvalue weighted by Gasteiger charge is -2.21. The second-order valence-electron chi connectivity index (χ2n) is 13.7. The first kappa shape index (κ1) is 34.9. The number of aromatic nitrogens is 3. The van der Waals surface area contributed by atoms with Gasteiger partial charge >= 0.3 is 0 Å². The minimum absolute atomic E-state index is 0.644. The average molecular weight is 738 g/mol. The van der Waals surface area contributed by atoms with Gasteiger partial charge in [-0.2, -0.15) is 0 Å². The molecule has 3 heterocycles. The summed E-state index contributed by atoms with van der Waals surface area (Å²) in [6.45, 7) is 12.5. The maximum absolute atomic E-state index is 5.27. The van der Waals surface area contributed by atoms with E-state index in [0.29, 0.717) is 5.82 Å². The van der Waals surface area contributed by atoms with Crippen LogP contribution in [-0.2, 0) is 0 Å². The summed E-state index contributed by atoms with van der Waals surface area (Å²) in [4.78, 5) is 10.5. The molecule has 0 radical (unpaired) electrons. The highest BCUT2D eigenvalue weighted by atomic mass is 32.1. The molecule has 9 rings (SSSR count). The molecule has 0 aliphatic rings. The Labute approximate surface area is 331 Å². The number of thiophene rings is 1. The monoisotopic (exact) mass is 737 g/mol. The SMILES string of the molecule is C=C/C=C(\C=C)c1cc(-c2nc(C(/C=C\C)=C/C)cc(-c3ccccc3)n2)cc(-c2ccccc2)c1-n1c2ccccc2c2cc3sc4ccccc4c3cc21. The maximum Gasteiger partial charge on any atom is 0.160 e. The van der Waals surface area contributed by atoms with Crippen LogP contribution < -0.4 is 0 Å². The fourth-order valence-electron chi connectivity index (χ4n) is 7.87. The molecular weight excluding hydrogens is 699 g/mol. The van der Waals surface area contributed by atoms with Crippen molar-refractivity contribution in [3.8, 4) is 39.5 Å². The third-order valence-corrected chi connectivity index (χ3v) is 11.6. The topological polar surface area (TPSA) is 30.7 Å². The van der Waals surface area contributed by atoms with Crippen LogP contribution in [0.5, 0.6) is 0 Å². The molecule has 3 aromatic heterocycles. The molecule has 0 spiro atoms. The first-order valence-corrected chi connectivity index (χ1v) is 19.7. The Bertz CT molecular complexity index is 3070. The number of para-hydroxylation sites is 1. The molecule has 9 aromatic rings. The van der Waals surface area contributed by atoms with Crippen molar-refractivity contribution < 1.29 is 0 Å². The first-order chi connectivity index (χ1) is 27.6. The average Bonchev–Trinajstić information content (AvgIpc) is 3.78. The summed E-state index contributed by atoms with van der Waals surface area (Å²) in [5, 5.41) is 4.95. The summed E-state index contributed by atoms with van der Waals surface area (Å²) >= 11 is 1.85. The molecule has 0 fully saturated rings. The summed E-state index contributed by atoms with van der Waals surface area (Å²) in [6, 6.07) is 49.8. The van der Waals surface area contributed by atoms with Gasteiger partial charge in [0.1, 0.15) is 0 Å². The van der Waals surface area contributed by atoms with Crippen molar-refractivity contribution in [2.24, 2.45) is 0 Å². The molecule has 0 unspecified atom stereocenters. The van der Waals surface area contributed by atoms with Crippen molar-refractivity contribution in [2.45, 2.75) is 13.8 Å². The molecule has 0 amide bonds. The lowest BCUT2D eigenvalue weighted by Crippen LogP contribution is -2.05. The number of benzene rings is 6. The Morgan fingerprint density at radius 2 is 1.32 bits per heavy atom. The summed E-state index contributed by atoms with van der Waals surface area (Å²) in [6.07, 6.45) is 12.1. The van der Waals surface area contributed by atoms with Crippen LogP contribution in [0.25, 0.3) is 92.6 Å². The molecule has 0 aliphatic heterocycles. The molecule has 0 aliphatic carbocycles. The number of rotatable bonds is 9. The predicted octanol–water partition coefficient (Wildman–Crippen LogP) is 14.7. The van der Waals surface area contributed by atoms with Crippen molar-refractivity contribution in [1.82, 2.24) is 14.5 Å². The van der Waals surface area contributed by atoms with E-state index in [1.165, 1.54) is 30.9 Å². The highest BCUT2D eigenvalue weighted by Crippen LogP contribution is 2.45. The number of nitrogens with zero attached hydrogens (tertiary/aromatic N) is 3.